The number of hydrogen-bond acceptors (Lipinski definition) is 5. The number of H-pyrrole nitrogens is 1. The van der Waals surface area contributed by atoms with E-state index < -0.39 is 11.6 Å². The van der Waals surface area contributed by atoms with Crippen LogP contribution in [0.4, 0.5) is 0 Å². The molecule has 4 N–H and O–H groups in total. The van der Waals surface area contributed by atoms with Gasteiger partial charge in [-0.3, -0.25) is 14.4 Å². The van der Waals surface area contributed by atoms with Gasteiger partial charge in [-0.25, -0.2) is 0 Å². The van der Waals surface area contributed by atoms with Gasteiger partial charge in [-0.05, 0) is 62.1 Å². The predicted octanol–water partition coefficient (Wildman–Crippen LogP) is 2.92. The van der Waals surface area contributed by atoms with E-state index in [0.29, 0.717) is 37.3 Å². The summed E-state index contributed by atoms with van der Waals surface area (Å²) in [5.74, 6) is -0.407. The van der Waals surface area contributed by atoms with E-state index >= 15 is 0 Å². The molecular formula is C27H33N5O4. The van der Waals surface area contributed by atoms with E-state index in [4.69, 9.17) is 4.74 Å². The van der Waals surface area contributed by atoms with E-state index in [0.717, 1.165) is 36.6 Å². The van der Waals surface area contributed by atoms with Crippen LogP contribution in [0.5, 0.6) is 5.75 Å². The third-order valence-electron chi connectivity index (χ3n) is 8.29. The van der Waals surface area contributed by atoms with Crippen molar-refractivity contribution in [1.82, 2.24) is 20.9 Å². The molecule has 2 atom stereocenters. The highest BCUT2D eigenvalue weighted by Gasteiger charge is 2.59. The Kier molecular flexibility index (Phi) is 6.37. The molecule has 2 aromatic rings. The van der Waals surface area contributed by atoms with Gasteiger partial charge in [-0.2, -0.15) is 5.26 Å². The van der Waals surface area contributed by atoms with Crippen LogP contribution in [0.3, 0.4) is 0 Å². The van der Waals surface area contributed by atoms with E-state index in [1.165, 1.54) is 6.42 Å². The number of aromatic amines is 1. The van der Waals surface area contributed by atoms with Crippen molar-refractivity contribution < 1.29 is 19.1 Å². The summed E-state index contributed by atoms with van der Waals surface area (Å²) in [6.45, 7) is 0.591. The number of nitrogens with zero attached hydrogens (tertiary/aromatic N) is 1. The third kappa shape index (κ3) is 4.41. The number of nitriles is 1. The van der Waals surface area contributed by atoms with Crippen molar-refractivity contribution in [2.45, 2.75) is 69.4 Å². The molecule has 9 nitrogen and oxygen atoms in total. The highest BCUT2D eigenvalue weighted by Crippen LogP contribution is 2.57. The zero-order valence-electron chi connectivity index (χ0n) is 20.6. The molecule has 1 aliphatic heterocycles. The molecule has 0 radical (unpaired) electrons. The van der Waals surface area contributed by atoms with Crippen LogP contribution in [0.2, 0.25) is 0 Å². The van der Waals surface area contributed by atoms with Gasteiger partial charge >= 0.3 is 0 Å². The fraction of sp³-hybridized carbons (Fsp3) is 0.556. The number of amides is 3. The Morgan fingerprint density at radius 3 is 2.69 bits per heavy atom. The molecule has 2 heterocycles. The first-order valence-electron chi connectivity index (χ1n) is 12.8. The second-order valence-electron chi connectivity index (χ2n) is 10.7. The molecule has 1 aromatic carbocycles. The smallest absolute Gasteiger partial charge is 0.268 e. The molecule has 1 unspecified atom stereocenters. The monoisotopic (exact) mass is 491 g/mol. The molecule has 0 bridgehead atoms. The minimum absolute atomic E-state index is 0.0556. The fourth-order valence-electron chi connectivity index (χ4n) is 6.50. The Morgan fingerprint density at radius 2 is 2.03 bits per heavy atom. The van der Waals surface area contributed by atoms with Crippen LogP contribution in [0.25, 0.3) is 10.9 Å². The zero-order chi connectivity index (χ0) is 25.3. The summed E-state index contributed by atoms with van der Waals surface area (Å²) in [6, 6.07) is 8.64. The first kappa shape index (κ1) is 24.2. The Labute approximate surface area is 210 Å². The van der Waals surface area contributed by atoms with Crippen molar-refractivity contribution in [2.24, 2.45) is 11.3 Å². The molecule has 1 aromatic heterocycles. The van der Waals surface area contributed by atoms with E-state index in [-0.39, 0.29) is 35.5 Å². The van der Waals surface area contributed by atoms with Crippen LogP contribution in [-0.2, 0) is 9.59 Å². The largest absolute Gasteiger partial charge is 0.496 e. The Balaban J connectivity index is 1.35. The Morgan fingerprint density at radius 1 is 1.25 bits per heavy atom. The molecule has 2 saturated carbocycles. The topological polar surface area (TPSA) is 136 Å². The van der Waals surface area contributed by atoms with Gasteiger partial charge in [0.05, 0.1) is 13.2 Å². The van der Waals surface area contributed by atoms with Crippen LogP contribution in [-0.4, -0.2) is 47.9 Å². The molecule has 3 fully saturated rings. The van der Waals surface area contributed by atoms with Crippen molar-refractivity contribution in [3.63, 3.8) is 0 Å². The number of nitrogens with one attached hydrogen (secondary N) is 4. The number of hydrogen-bond donors (Lipinski definition) is 4. The Bertz CT molecular complexity index is 1210. The fourth-order valence-corrected chi connectivity index (χ4v) is 6.50. The number of carbonyl (C=O) groups is 3. The lowest BCUT2D eigenvalue weighted by molar-refractivity contribution is -0.140. The molecule has 3 amide bonds. The number of ether oxygens (including phenoxy) is 1. The van der Waals surface area contributed by atoms with Gasteiger partial charge < -0.3 is 25.7 Å². The van der Waals surface area contributed by atoms with Gasteiger partial charge in [0.25, 0.3) is 5.91 Å². The third-order valence-corrected chi connectivity index (χ3v) is 8.29. The van der Waals surface area contributed by atoms with Gasteiger partial charge in [0.1, 0.15) is 23.0 Å². The van der Waals surface area contributed by atoms with Crippen LogP contribution < -0.4 is 20.7 Å². The summed E-state index contributed by atoms with van der Waals surface area (Å²) in [5.41, 5.74) is 0.100. The van der Waals surface area contributed by atoms with Crippen LogP contribution in [0.15, 0.2) is 24.3 Å². The van der Waals surface area contributed by atoms with Gasteiger partial charge in [-0.1, -0.05) is 25.3 Å². The molecule has 1 spiro atoms. The summed E-state index contributed by atoms with van der Waals surface area (Å²) >= 11 is 0. The predicted molar refractivity (Wildman–Crippen MR) is 133 cm³/mol. The average molecular weight is 492 g/mol. The van der Waals surface area contributed by atoms with E-state index in [9.17, 15) is 19.6 Å². The van der Waals surface area contributed by atoms with Gasteiger partial charge in [0.15, 0.2) is 0 Å². The van der Waals surface area contributed by atoms with Crippen molar-refractivity contribution in [2.75, 3.05) is 13.7 Å². The van der Waals surface area contributed by atoms with Gasteiger partial charge in [-0.15, -0.1) is 0 Å². The van der Waals surface area contributed by atoms with Crippen molar-refractivity contribution >= 4 is 28.6 Å². The average Bonchev–Trinajstić information content (AvgIpc) is 3.49. The Hall–Kier alpha value is -3.54. The molecule has 3 aliphatic rings. The minimum atomic E-state index is -1.08. The molecule has 190 valence electrons. The minimum Gasteiger partial charge on any atom is -0.496 e. The molecule has 5 rings (SSSR count). The summed E-state index contributed by atoms with van der Waals surface area (Å²) in [7, 11) is 1.58. The molecule has 1 saturated heterocycles. The van der Waals surface area contributed by atoms with Crippen LogP contribution in [0.1, 0.15) is 68.3 Å². The maximum Gasteiger partial charge on any atom is 0.268 e. The number of benzene rings is 1. The second-order valence-corrected chi connectivity index (χ2v) is 10.7. The van der Waals surface area contributed by atoms with Crippen molar-refractivity contribution in [1.29, 1.82) is 5.26 Å². The number of methoxy groups -OCH3 is 1. The number of carbonyl (C=O) groups excluding carboxylic acids is 3. The summed E-state index contributed by atoms with van der Waals surface area (Å²) < 4.78 is 5.41. The highest BCUT2D eigenvalue weighted by atomic mass is 16.5. The first-order chi connectivity index (χ1) is 17.4. The first-order valence-corrected chi connectivity index (χ1v) is 12.8. The SMILES string of the molecule is COc1cccc2[nH]c(C(=O)NC3(C(=O)NC(C#N)C[C@@H]4CCNC4=O)CC4(CCCCC4)C3)cc12. The van der Waals surface area contributed by atoms with Crippen LogP contribution in [0, 0.1) is 22.7 Å². The number of rotatable bonds is 7. The van der Waals surface area contributed by atoms with Crippen LogP contribution >= 0.6 is 0 Å². The molecule has 9 heteroatoms. The van der Waals surface area contributed by atoms with E-state index in [1.807, 2.05) is 18.2 Å². The number of fused-ring (bicyclic) bond motifs is 1. The maximum absolute atomic E-state index is 13.6. The van der Waals surface area contributed by atoms with Gasteiger partial charge in [0.2, 0.25) is 11.8 Å². The highest BCUT2D eigenvalue weighted by molar-refractivity contribution is 6.03. The van der Waals surface area contributed by atoms with E-state index in [2.05, 4.69) is 27.0 Å². The second kappa shape index (κ2) is 9.49. The summed E-state index contributed by atoms with van der Waals surface area (Å²) in [4.78, 5) is 42.2. The summed E-state index contributed by atoms with van der Waals surface area (Å²) in [6.07, 6.45) is 7.59. The lowest BCUT2D eigenvalue weighted by Gasteiger charge is -2.57. The molecule has 2 aliphatic carbocycles. The lowest BCUT2D eigenvalue weighted by Crippen LogP contribution is -2.70. The number of aromatic nitrogens is 1. The summed E-state index contributed by atoms with van der Waals surface area (Å²) in [5, 5.41) is 19.2. The van der Waals surface area contributed by atoms with Gasteiger partial charge in [0, 0.05) is 23.4 Å². The van der Waals surface area contributed by atoms with Crippen molar-refractivity contribution in [3.05, 3.63) is 30.0 Å². The van der Waals surface area contributed by atoms with Crippen molar-refractivity contribution in [3.8, 4) is 11.8 Å². The van der Waals surface area contributed by atoms with E-state index in [1.54, 1.807) is 13.2 Å². The molecule has 36 heavy (non-hydrogen) atoms. The lowest BCUT2D eigenvalue weighted by atomic mass is 9.51. The quantitative estimate of drug-likeness (QED) is 0.472. The molecular weight excluding hydrogens is 458 g/mol. The standard InChI is InChI=1S/C27H33N5O4/c1-36-22-7-5-6-20-19(22)13-21(31-20)24(34)32-27(15-26(16-27)9-3-2-4-10-26)25(35)30-18(14-28)12-17-8-11-29-23(17)33/h5-7,13,17-18,31H,2-4,8-12,15-16H2,1H3,(H,29,33)(H,30,35)(H,32,34)/t17-,18?/m0/s1. The maximum atomic E-state index is 13.6. The normalized spacial score (nSPS) is 22.8. The zero-order valence-corrected chi connectivity index (χ0v) is 20.6.